The molecule has 0 saturated heterocycles. The van der Waals surface area contributed by atoms with Gasteiger partial charge in [0, 0.05) is 12.8 Å². The minimum atomic E-state index is -4.38. The van der Waals surface area contributed by atoms with Crippen molar-refractivity contribution in [1.82, 2.24) is 0 Å². The second-order valence-electron chi connectivity index (χ2n) is 23.1. The molecule has 2 atom stereocenters. The van der Waals surface area contributed by atoms with Gasteiger partial charge in [-0.25, -0.2) is 4.57 Å². The molecule has 2 unspecified atom stereocenters. The average Bonchev–Trinajstić information content (AvgIpc) is 3.38. The molecule has 76 heavy (non-hydrogen) atoms. The number of esters is 2. The summed E-state index contributed by atoms with van der Waals surface area (Å²) in [6.45, 7) is 4.36. The number of allylic oxidation sites excluding steroid dienone is 8. The highest BCUT2D eigenvalue weighted by Crippen LogP contribution is 2.43. The summed E-state index contributed by atoms with van der Waals surface area (Å²) < 4.78 is 34.6. The normalized spacial score (nSPS) is 13.5. The van der Waals surface area contributed by atoms with Gasteiger partial charge in [0.2, 0.25) is 0 Å². The Balaban J connectivity index is 3.86. The van der Waals surface area contributed by atoms with Crippen molar-refractivity contribution >= 4 is 19.8 Å². The third-order valence-electron chi connectivity index (χ3n) is 14.4. The fraction of sp³-hybridized carbons (Fsp3) is 0.848. The Morgan fingerprint density at radius 3 is 1.12 bits per heavy atom. The summed E-state index contributed by atoms with van der Waals surface area (Å²) in [5.41, 5.74) is 0. The largest absolute Gasteiger partial charge is 0.472 e. The zero-order valence-electron chi connectivity index (χ0n) is 50.8. The SMILES string of the molecule is CC/C=C\C/C=C\C/C=C\C/C=C\CCCCCCCCCCCCCCCCCCCCCCCCCCCCC(=O)OC(COC(=O)CCCCCCCCCCCCCCC)COP(=O)(O)OCC[N+](C)(C)C. The molecule has 0 aromatic heterocycles. The molecule has 0 aromatic rings. The summed E-state index contributed by atoms with van der Waals surface area (Å²) in [4.78, 5) is 35.6. The van der Waals surface area contributed by atoms with Crippen molar-refractivity contribution in [3.8, 4) is 0 Å². The number of carbonyl (C=O) groups is 2. The third kappa shape index (κ3) is 61.2. The van der Waals surface area contributed by atoms with Crippen molar-refractivity contribution < 1.29 is 42.1 Å². The highest BCUT2D eigenvalue weighted by atomic mass is 31.2. The van der Waals surface area contributed by atoms with E-state index in [2.05, 4.69) is 62.5 Å². The van der Waals surface area contributed by atoms with Crippen LogP contribution in [0.3, 0.4) is 0 Å². The Hall–Kier alpha value is -2.03. The van der Waals surface area contributed by atoms with Crippen LogP contribution in [0.4, 0.5) is 0 Å². The molecule has 0 aromatic carbocycles. The first-order valence-corrected chi connectivity index (χ1v) is 33.9. The van der Waals surface area contributed by atoms with Gasteiger partial charge in [-0.15, -0.1) is 0 Å². The van der Waals surface area contributed by atoms with Crippen molar-refractivity contribution in [2.75, 3.05) is 47.5 Å². The number of quaternary nitrogens is 1. The summed E-state index contributed by atoms with van der Waals surface area (Å²) in [6.07, 6.45) is 73.7. The van der Waals surface area contributed by atoms with Gasteiger partial charge >= 0.3 is 19.8 Å². The lowest BCUT2D eigenvalue weighted by molar-refractivity contribution is -0.870. The lowest BCUT2D eigenvalue weighted by Crippen LogP contribution is -2.37. The summed E-state index contributed by atoms with van der Waals surface area (Å²) in [5, 5.41) is 0. The smallest absolute Gasteiger partial charge is 0.462 e. The van der Waals surface area contributed by atoms with Crippen LogP contribution in [0.25, 0.3) is 0 Å². The molecule has 0 saturated carbocycles. The van der Waals surface area contributed by atoms with Gasteiger partial charge in [0.15, 0.2) is 6.10 Å². The molecule has 0 heterocycles. The summed E-state index contributed by atoms with van der Waals surface area (Å²) >= 11 is 0. The number of hydrogen-bond acceptors (Lipinski definition) is 7. The standard InChI is InChI=1S/C66H124NO8P/c1-6-8-10-12-14-16-18-20-21-22-23-24-25-26-27-28-29-30-31-32-33-34-35-36-37-38-39-40-41-42-43-44-45-47-49-51-53-55-57-59-66(69)75-64(63-74-76(70,71)73-61-60-67(3,4)5)62-72-65(68)58-56-54-52-50-48-46-19-17-15-13-11-9-7-2/h8,10,14,16,20-21,23-24,64H,6-7,9,11-13,15,17-19,22,25-63H2,1-5H3/p+1/b10-8-,16-14-,21-20-,24-23-. The molecule has 0 aliphatic rings. The van der Waals surface area contributed by atoms with E-state index in [1.807, 2.05) is 21.1 Å². The van der Waals surface area contributed by atoms with Crippen LogP contribution in [0.1, 0.15) is 309 Å². The van der Waals surface area contributed by atoms with E-state index in [0.29, 0.717) is 23.9 Å². The van der Waals surface area contributed by atoms with E-state index in [1.54, 1.807) is 0 Å². The van der Waals surface area contributed by atoms with Gasteiger partial charge in [0.05, 0.1) is 27.7 Å². The van der Waals surface area contributed by atoms with Crippen LogP contribution in [0.2, 0.25) is 0 Å². The van der Waals surface area contributed by atoms with Gasteiger partial charge in [-0.1, -0.05) is 294 Å². The highest BCUT2D eigenvalue weighted by Gasteiger charge is 2.27. The number of unbranched alkanes of at least 4 members (excludes halogenated alkanes) is 38. The van der Waals surface area contributed by atoms with Crippen LogP contribution in [0.5, 0.6) is 0 Å². The predicted octanol–water partition coefficient (Wildman–Crippen LogP) is 20.5. The van der Waals surface area contributed by atoms with E-state index < -0.39 is 26.5 Å². The number of rotatable bonds is 60. The molecule has 0 amide bonds. The van der Waals surface area contributed by atoms with Gasteiger partial charge in [-0.05, 0) is 51.4 Å². The van der Waals surface area contributed by atoms with E-state index in [1.165, 1.54) is 218 Å². The number of hydrogen-bond donors (Lipinski definition) is 1. The molecule has 9 nitrogen and oxygen atoms in total. The fourth-order valence-electron chi connectivity index (χ4n) is 9.42. The van der Waals surface area contributed by atoms with Crippen molar-refractivity contribution in [1.29, 1.82) is 0 Å². The molecule has 0 aliphatic heterocycles. The van der Waals surface area contributed by atoms with E-state index in [4.69, 9.17) is 18.5 Å². The van der Waals surface area contributed by atoms with Crippen molar-refractivity contribution in [2.24, 2.45) is 0 Å². The van der Waals surface area contributed by atoms with Crippen LogP contribution in [-0.2, 0) is 32.7 Å². The highest BCUT2D eigenvalue weighted by molar-refractivity contribution is 7.47. The number of phosphoric acid groups is 1. The number of phosphoric ester groups is 1. The second kappa shape index (κ2) is 57.6. The Kier molecular flexibility index (Phi) is 56.1. The summed E-state index contributed by atoms with van der Waals surface area (Å²) in [6, 6.07) is 0. The number of ether oxygens (including phenoxy) is 2. The Labute approximate surface area is 471 Å². The van der Waals surface area contributed by atoms with Crippen LogP contribution >= 0.6 is 7.82 Å². The zero-order valence-corrected chi connectivity index (χ0v) is 51.6. The van der Waals surface area contributed by atoms with Crippen molar-refractivity contribution in [3.05, 3.63) is 48.6 Å². The zero-order chi connectivity index (χ0) is 55.6. The fourth-order valence-corrected chi connectivity index (χ4v) is 10.2. The number of nitrogens with zero attached hydrogens (tertiary/aromatic N) is 1. The lowest BCUT2D eigenvalue weighted by atomic mass is 10.0. The first-order chi connectivity index (χ1) is 37.0. The first kappa shape index (κ1) is 74.0. The molecular weight excluding hydrogens is 966 g/mol. The maximum atomic E-state index is 12.8. The lowest BCUT2D eigenvalue weighted by Gasteiger charge is -2.24. The topological polar surface area (TPSA) is 108 Å². The maximum Gasteiger partial charge on any atom is 0.472 e. The van der Waals surface area contributed by atoms with E-state index >= 15 is 0 Å². The molecule has 0 fully saturated rings. The second-order valence-corrected chi connectivity index (χ2v) is 24.6. The molecule has 1 N–H and O–H groups in total. The number of carbonyl (C=O) groups excluding carboxylic acids is 2. The van der Waals surface area contributed by atoms with Crippen LogP contribution in [0.15, 0.2) is 48.6 Å². The van der Waals surface area contributed by atoms with Crippen LogP contribution in [0, 0.1) is 0 Å². The molecule has 446 valence electrons. The molecule has 0 bridgehead atoms. The Morgan fingerprint density at radius 1 is 0.421 bits per heavy atom. The van der Waals surface area contributed by atoms with Gasteiger partial charge < -0.3 is 18.9 Å². The van der Waals surface area contributed by atoms with E-state index in [9.17, 15) is 19.0 Å². The Morgan fingerprint density at radius 2 is 0.750 bits per heavy atom. The summed E-state index contributed by atoms with van der Waals surface area (Å²) in [7, 11) is 1.49. The third-order valence-corrected chi connectivity index (χ3v) is 15.4. The van der Waals surface area contributed by atoms with Gasteiger partial charge in [-0.2, -0.15) is 0 Å². The van der Waals surface area contributed by atoms with Crippen LogP contribution in [-0.4, -0.2) is 74.9 Å². The average molecular weight is 1090 g/mol. The molecule has 10 heteroatoms. The van der Waals surface area contributed by atoms with Gasteiger partial charge in [0.1, 0.15) is 19.8 Å². The van der Waals surface area contributed by atoms with Crippen molar-refractivity contribution in [2.45, 2.75) is 315 Å². The minimum absolute atomic E-state index is 0.0350. The van der Waals surface area contributed by atoms with E-state index in [-0.39, 0.29) is 25.6 Å². The first-order valence-electron chi connectivity index (χ1n) is 32.4. The quantitative estimate of drug-likeness (QED) is 0.0211. The molecule has 0 aliphatic carbocycles. The number of likely N-dealkylation sites (N-methyl/N-ethyl adjacent to an activating group) is 1. The van der Waals surface area contributed by atoms with Gasteiger partial charge in [-0.3, -0.25) is 18.6 Å². The predicted molar refractivity (Wildman–Crippen MR) is 326 cm³/mol. The van der Waals surface area contributed by atoms with Crippen LogP contribution < -0.4 is 0 Å². The molecule has 0 radical (unpaired) electrons. The van der Waals surface area contributed by atoms with Crippen molar-refractivity contribution in [3.63, 3.8) is 0 Å². The monoisotopic (exact) mass is 1090 g/mol. The van der Waals surface area contributed by atoms with E-state index in [0.717, 1.165) is 57.8 Å². The maximum absolute atomic E-state index is 12.8. The molecular formula is C66H125NO8P+. The van der Waals surface area contributed by atoms with Gasteiger partial charge in [0.25, 0.3) is 0 Å². The Bertz CT molecular complexity index is 1420. The minimum Gasteiger partial charge on any atom is -0.462 e. The molecule has 0 rings (SSSR count). The summed E-state index contributed by atoms with van der Waals surface area (Å²) in [5.74, 6) is -0.780. The molecule has 0 spiro atoms.